The topological polar surface area (TPSA) is 34.3 Å². The summed E-state index contributed by atoms with van der Waals surface area (Å²) in [6.45, 7) is 7.07. The molecule has 0 amide bonds. The first-order valence-electron chi connectivity index (χ1n) is 8.65. The molecule has 124 valence electrons. The number of fused-ring (bicyclic) bond motifs is 3. The second-order valence-corrected chi connectivity index (χ2v) is 7.81. The lowest BCUT2D eigenvalue weighted by Crippen LogP contribution is -2.45. The van der Waals surface area contributed by atoms with Gasteiger partial charge in [0.05, 0.1) is 0 Å². The molecule has 2 N–H and O–H groups in total. The number of aromatic nitrogens is 1. The number of hydrogen-bond donors (Lipinski definition) is 2. The van der Waals surface area contributed by atoms with Gasteiger partial charge in [-0.1, -0.05) is 15.9 Å². The van der Waals surface area contributed by atoms with Crippen molar-refractivity contribution in [2.24, 2.45) is 0 Å². The number of nitrogens with zero attached hydrogens (tertiary/aromatic N) is 2. The van der Waals surface area contributed by atoms with Crippen molar-refractivity contribution in [2.45, 2.75) is 18.9 Å². The molecule has 1 aromatic carbocycles. The van der Waals surface area contributed by atoms with Gasteiger partial charge in [-0.2, -0.15) is 0 Å². The van der Waals surface area contributed by atoms with Crippen molar-refractivity contribution >= 4 is 26.8 Å². The number of rotatable bonds is 3. The van der Waals surface area contributed by atoms with Crippen molar-refractivity contribution in [1.82, 2.24) is 20.1 Å². The summed E-state index contributed by atoms with van der Waals surface area (Å²) in [7, 11) is 2.22. The Bertz CT molecular complexity index is 688. The fourth-order valence-electron chi connectivity index (χ4n) is 3.91. The summed E-state index contributed by atoms with van der Waals surface area (Å²) in [5.41, 5.74) is 4.20. The first-order chi connectivity index (χ1) is 11.2. The average Bonchev–Trinajstić information content (AvgIpc) is 2.93. The SMILES string of the molecule is CN1CCN(CC[C@@H]2NCCc3c2[nH]c2ccc(Br)cc32)CC1. The van der Waals surface area contributed by atoms with E-state index in [1.807, 2.05) is 0 Å². The van der Waals surface area contributed by atoms with Crippen LogP contribution in [0.2, 0.25) is 0 Å². The molecule has 0 unspecified atom stereocenters. The van der Waals surface area contributed by atoms with Gasteiger partial charge in [-0.3, -0.25) is 0 Å². The molecule has 4 nitrogen and oxygen atoms in total. The maximum absolute atomic E-state index is 3.72. The van der Waals surface area contributed by atoms with E-state index in [0.717, 1.165) is 13.0 Å². The smallest absolute Gasteiger partial charge is 0.0488 e. The zero-order valence-electron chi connectivity index (χ0n) is 13.7. The zero-order chi connectivity index (χ0) is 15.8. The minimum Gasteiger partial charge on any atom is -0.357 e. The molecule has 23 heavy (non-hydrogen) atoms. The number of H-pyrrole nitrogens is 1. The Kier molecular flexibility index (Phi) is 4.46. The zero-order valence-corrected chi connectivity index (χ0v) is 15.3. The summed E-state index contributed by atoms with van der Waals surface area (Å²) in [5, 5.41) is 5.11. The van der Waals surface area contributed by atoms with Crippen molar-refractivity contribution in [3.63, 3.8) is 0 Å². The summed E-state index contributed by atoms with van der Waals surface area (Å²) in [5.74, 6) is 0. The van der Waals surface area contributed by atoms with E-state index in [4.69, 9.17) is 0 Å². The largest absolute Gasteiger partial charge is 0.357 e. The highest BCUT2D eigenvalue weighted by atomic mass is 79.9. The molecule has 0 saturated carbocycles. The molecule has 5 heteroatoms. The lowest BCUT2D eigenvalue weighted by molar-refractivity contribution is 0.148. The average molecular weight is 377 g/mol. The molecule has 0 radical (unpaired) electrons. The fourth-order valence-corrected chi connectivity index (χ4v) is 4.27. The molecule has 0 bridgehead atoms. The van der Waals surface area contributed by atoms with Crippen LogP contribution in [0.4, 0.5) is 0 Å². The molecule has 0 aliphatic carbocycles. The fraction of sp³-hybridized carbons (Fsp3) is 0.556. The minimum absolute atomic E-state index is 0.463. The highest BCUT2D eigenvalue weighted by molar-refractivity contribution is 9.10. The van der Waals surface area contributed by atoms with Crippen LogP contribution in [0.1, 0.15) is 23.7 Å². The van der Waals surface area contributed by atoms with Gasteiger partial charge in [-0.15, -0.1) is 0 Å². The van der Waals surface area contributed by atoms with Crippen LogP contribution < -0.4 is 5.32 Å². The molecule has 2 aliphatic rings. The summed E-state index contributed by atoms with van der Waals surface area (Å²) in [6.07, 6.45) is 2.31. The second-order valence-electron chi connectivity index (χ2n) is 6.90. The molecular formula is C18H25BrN4. The van der Waals surface area contributed by atoms with Crippen LogP contribution in [0.15, 0.2) is 22.7 Å². The molecule has 1 atom stereocenters. The van der Waals surface area contributed by atoms with Gasteiger partial charge >= 0.3 is 0 Å². The third-order valence-corrected chi connectivity index (χ3v) is 5.84. The first-order valence-corrected chi connectivity index (χ1v) is 9.44. The Balaban J connectivity index is 1.50. The van der Waals surface area contributed by atoms with Gasteiger partial charge in [-0.05, 0) is 50.2 Å². The summed E-state index contributed by atoms with van der Waals surface area (Å²) in [6, 6.07) is 7.03. The minimum atomic E-state index is 0.463. The van der Waals surface area contributed by atoms with Crippen LogP contribution in [0.3, 0.4) is 0 Å². The number of nitrogens with one attached hydrogen (secondary N) is 2. The van der Waals surface area contributed by atoms with E-state index in [1.165, 1.54) is 65.8 Å². The molecule has 1 saturated heterocycles. The number of likely N-dealkylation sites (N-methyl/N-ethyl adjacent to an activating group) is 1. The van der Waals surface area contributed by atoms with Gasteiger partial charge in [0.25, 0.3) is 0 Å². The van der Waals surface area contributed by atoms with Gasteiger partial charge in [-0.25, -0.2) is 0 Å². The maximum Gasteiger partial charge on any atom is 0.0488 e. The van der Waals surface area contributed by atoms with Crippen molar-refractivity contribution < 1.29 is 0 Å². The van der Waals surface area contributed by atoms with Crippen molar-refractivity contribution in [3.8, 4) is 0 Å². The van der Waals surface area contributed by atoms with E-state index < -0.39 is 0 Å². The maximum atomic E-state index is 3.72. The Labute approximate surface area is 146 Å². The number of hydrogen-bond acceptors (Lipinski definition) is 3. The molecule has 2 aliphatic heterocycles. The van der Waals surface area contributed by atoms with E-state index in [9.17, 15) is 0 Å². The molecule has 1 fully saturated rings. The van der Waals surface area contributed by atoms with Crippen LogP contribution in [0, 0.1) is 0 Å². The normalized spacial score (nSPS) is 23.3. The van der Waals surface area contributed by atoms with Crippen molar-refractivity contribution in [1.29, 1.82) is 0 Å². The first kappa shape index (κ1) is 15.6. The van der Waals surface area contributed by atoms with Crippen LogP contribution >= 0.6 is 15.9 Å². The number of aromatic amines is 1. The summed E-state index contributed by atoms with van der Waals surface area (Å²) < 4.78 is 1.17. The van der Waals surface area contributed by atoms with Gasteiger partial charge < -0.3 is 20.1 Å². The van der Waals surface area contributed by atoms with E-state index >= 15 is 0 Å². The van der Waals surface area contributed by atoms with Crippen molar-refractivity contribution in [2.75, 3.05) is 46.3 Å². The Hall–Kier alpha value is -0.880. The highest BCUT2D eigenvalue weighted by Crippen LogP contribution is 2.33. The Morgan fingerprint density at radius 1 is 1.22 bits per heavy atom. The molecule has 2 aromatic rings. The van der Waals surface area contributed by atoms with E-state index in [0.29, 0.717) is 6.04 Å². The Morgan fingerprint density at radius 3 is 2.87 bits per heavy atom. The van der Waals surface area contributed by atoms with Crippen LogP contribution in [0.25, 0.3) is 10.9 Å². The number of benzene rings is 1. The molecule has 4 rings (SSSR count). The van der Waals surface area contributed by atoms with Crippen LogP contribution in [0.5, 0.6) is 0 Å². The van der Waals surface area contributed by atoms with Gasteiger partial charge in [0, 0.05) is 59.8 Å². The lowest BCUT2D eigenvalue weighted by atomic mass is 9.97. The predicted octanol–water partition coefficient (Wildman–Crippen LogP) is 2.75. The number of piperazine rings is 1. The Morgan fingerprint density at radius 2 is 2.04 bits per heavy atom. The van der Waals surface area contributed by atoms with Crippen LogP contribution in [-0.4, -0.2) is 61.1 Å². The predicted molar refractivity (Wildman–Crippen MR) is 99.0 cm³/mol. The molecule has 1 aromatic heterocycles. The molecule has 3 heterocycles. The summed E-state index contributed by atoms with van der Waals surface area (Å²) >= 11 is 3.61. The number of halogens is 1. The summed E-state index contributed by atoms with van der Waals surface area (Å²) in [4.78, 5) is 8.70. The van der Waals surface area contributed by atoms with E-state index in [-0.39, 0.29) is 0 Å². The standard InChI is InChI=1S/C18H25BrN4/c1-22-8-10-23(11-9-22)7-5-17-18-14(4-6-20-17)15-12-13(19)2-3-16(15)21-18/h2-3,12,17,20-21H,4-11H2,1H3/t17-/m0/s1. The highest BCUT2D eigenvalue weighted by Gasteiger charge is 2.24. The van der Waals surface area contributed by atoms with Gasteiger partial charge in [0.1, 0.15) is 0 Å². The van der Waals surface area contributed by atoms with E-state index in [1.54, 1.807) is 0 Å². The lowest BCUT2D eigenvalue weighted by Gasteiger charge is -2.34. The third kappa shape index (κ3) is 3.20. The quantitative estimate of drug-likeness (QED) is 0.863. The van der Waals surface area contributed by atoms with Crippen molar-refractivity contribution in [3.05, 3.63) is 33.9 Å². The second kappa shape index (κ2) is 6.55. The van der Waals surface area contributed by atoms with Gasteiger partial charge in [0.15, 0.2) is 0 Å². The van der Waals surface area contributed by atoms with Gasteiger partial charge in [0.2, 0.25) is 0 Å². The monoisotopic (exact) mass is 376 g/mol. The van der Waals surface area contributed by atoms with E-state index in [2.05, 4.69) is 61.3 Å². The third-order valence-electron chi connectivity index (χ3n) is 5.35. The molecular weight excluding hydrogens is 352 g/mol. The van der Waals surface area contributed by atoms with Crippen LogP contribution in [-0.2, 0) is 6.42 Å². The molecule has 0 spiro atoms.